The highest BCUT2D eigenvalue weighted by Gasteiger charge is 2.40. The summed E-state index contributed by atoms with van der Waals surface area (Å²) in [6, 6.07) is 30.8. The van der Waals surface area contributed by atoms with Gasteiger partial charge in [0.1, 0.15) is 6.61 Å². The maximum absolute atomic E-state index is 12.9. The topological polar surface area (TPSA) is 181 Å². The van der Waals surface area contributed by atoms with Crippen LogP contribution >= 0.6 is 0 Å². The number of allylic oxidation sites excluding steroid dienone is 2. The van der Waals surface area contributed by atoms with Crippen molar-refractivity contribution in [2.75, 3.05) is 11.9 Å². The van der Waals surface area contributed by atoms with Crippen LogP contribution in [0.5, 0.6) is 0 Å². The summed E-state index contributed by atoms with van der Waals surface area (Å²) in [6.07, 6.45) is 12.1. The van der Waals surface area contributed by atoms with E-state index in [9.17, 15) is 29.7 Å². The number of nitrogens with zero attached hydrogens (tertiary/aromatic N) is 1. The molecule has 1 aromatic heterocycles. The molecule has 5 aromatic rings. The van der Waals surface area contributed by atoms with Crippen LogP contribution in [0.25, 0.3) is 10.8 Å². The number of aliphatic hydroxyl groups excluding tert-OH is 3. The lowest BCUT2D eigenvalue weighted by Gasteiger charge is -2.23. The molecular weight excluding hydrogens is 819 g/mol. The van der Waals surface area contributed by atoms with Gasteiger partial charge in [0.2, 0.25) is 5.91 Å². The molecule has 1 heterocycles. The van der Waals surface area contributed by atoms with Gasteiger partial charge >= 0.3 is 11.9 Å². The zero-order valence-corrected chi connectivity index (χ0v) is 38.3. The molecule has 1 aliphatic carbocycles. The number of nitrogens with one attached hydrogen (secondary N) is 1. The van der Waals surface area contributed by atoms with E-state index in [4.69, 9.17) is 15.2 Å². The fraction of sp³-hybridized carbons (Fsp3) is 0.407. The number of fused-ring (bicyclic) bond motifs is 1. The molecule has 11 heteroatoms. The highest BCUT2D eigenvalue weighted by molar-refractivity contribution is 5.98. The second-order valence-electron chi connectivity index (χ2n) is 17.4. The lowest BCUT2D eigenvalue weighted by molar-refractivity contribution is -0.147. The number of benzene rings is 4. The summed E-state index contributed by atoms with van der Waals surface area (Å²) in [5, 5.41) is 36.1. The van der Waals surface area contributed by atoms with E-state index in [0.717, 1.165) is 52.3 Å². The summed E-state index contributed by atoms with van der Waals surface area (Å²) in [5.41, 5.74) is 12.0. The highest BCUT2D eigenvalue weighted by atomic mass is 16.5. The number of hydrogen-bond donors (Lipinski definition) is 5. The van der Waals surface area contributed by atoms with Crippen LogP contribution < -0.4 is 11.1 Å². The second kappa shape index (κ2) is 25.7. The largest absolute Gasteiger partial charge is 0.463 e. The molecule has 0 spiro atoms. The Morgan fingerprint density at radius 3 is 2.34 bits per heavy atom. The Hall–Kier alpha value is -5.72. The number of unbranched alkanes of at least 4 members (excludes halogenated alkanes) is 1. The smallest absolute Gasteiger partial charge is 0.338 e. The third-order valence-corrected chi connectivity index (χ3v) is 12.0. The monoisotopic (exact) mass is 885 g/mol. The first-order valence-electron chi connectivity index (χ1n) is 22.9. The maximum atomic E-state index is 12.9. The molecule has 6 N–H and O–H groups in total. The molecule has 0 saturated heterocycles. The van der Waals surface area contributed by atoms with Crippen molar-refractivity contribution in [2.45, 2.75) is 122 Å². The quantitative estimate of drug-likeness (QED) is 0.0287. The molecular formula is C54H67N3O8. The summed E-state index contributed by atoms with van der Waals surface area (Å²) >= 11 is 0. The van der Waals surface area contributed by atoms with Gasteiger partial charge in [0.05, 0.1) is 35.9 Å². The molecule has 4 aromatic carbocycles. The molecule has 1 saturated carbocycles. The van der Waals surface area contributed by atoms with Crippen LogP contribution in [0.3, 0.4) is 0 Å². The molecule has 0 radical (unpaired) electrons. The third kappa shape index (κ3) is 16.0. The van der Waals surface area contributed by atoms with E-state index >= 15 is 0 Å². The van der Waals surface area contributed by atoms with Gasteiger partial charge in [-0.2, -0.15) is 0 Å². The Morgan fingerprint density at radius 2 is 1.62 bits per heavy atom. The standard InChI is InChI=1S/C28H27N3O3.C26H40O5/c1-18-3-10-25(19(2)13-18)28(33)34-17-20-4-6-21(7-5-20)26(15-29)27(32)31-24-9-8-23-16-30-12-11-22(23)14-24;1-19(2)31-26(30)13-9-4-3-8-12-22-23(25(29)18-24(22)28)17-16-21(27)15-14-20-10-6-5-7-11-20/h3-14,16,26H,15,17,29H2,1-2H3,(H,31,32);3,5-8,10-11,19,21-25,27-29H,4,9,12-18H2,1-2H3/b;8-3-/t26-;21-,22+,23+,24-,25+/m10/s1. The van der Waals surface area contributed by atoms with Gasteiger partial charge in [-0.3, -0.25) is 14.6 Å². The van der Waals surface area contributed by atoms with Crippen molar-refractivity contribution in [1.82, 2.24) is 4.98 Å². The van der Waals surface area contributed by atoms with Crippen LogP contribution in [0.4, 0.5) is 5.69 Å². The number of ether oxygens (including phenoxy) is 2. The summed E-state index contributed by atoms with van der Waals surface area (Å²) < 4.78 is 10.6. The number of esters is 2. The summed E-state index contributed by atoms with van der Waals surface area (Å²) in [6.45, 7) is 7.89. The fourth-order valence-corrected chi connectivity index (χ4v) is 8.37. The maximum Gasteiger partial charge on any atom is 0.338 e. The number of nitrogens with two attached hydrogens (primary N) is 1. The first kappa shape index (κ1) is 50.3. The number of anilines is 1. The Bertz CT molecular complexity index is 2300. The van der Waals surface area contributed by atoms with Crippen LogP contribution in [-0.2, 0) is 32.1 Å². The summed E-state index contributed by atoms with van der Waals surface area (Å²) in [5.74, 6) is -1.18. The molecule has 346 valence electrons. The molecule has 11 nitrogen and oxygen atoms in total. The number of aryl methyl sites for hydroxylation is 3. The van der Waals surface area contributed by atoms with E-state index in [0.29, 0.717) is 49.8 Å². The molecule has 0 aliphatic heterocycles. The second-order valence-corrected chi connectivity index (χ2v) is 17.4. The van der Waals surface area contributed by atoms with Gasteiger partial charge < -0.3 is 35.8 Å². The van der Waals surface area contributed by atoms with E-state index < -0.39 is 24.2 Å². The van der Waals surface area contributed by atoms with Gasteiger partial charge in [0, 0.05) is 36.4 Å². The fourth-order valence-electron chi connectivity index (χ4n) is 8.37. The number of carbonyl (C=O) groups is 3. The van der Waals surface area contributed by atoms with Crippen LogP contribution in [0, 0.1) is 25.7 Å². The van der Waals surface area contributed by atoms with Crippen LogP contribution in [0.1, 0.15) is 109 Å². The lowest BCUT2D eigenvalue weighted by atomic mass is 9.85. The first-order chi connectivity index (χ1) is 31.3. The number of aliphatic hydroxyl groups is 3. The van der Waals surface area contributed by atoms with Gasteiger partial charge in [-0.1, -0.05) is 90.5 Å². The van der Waals surface area contributed by atoms with E-state index in [1.807, 2.05) is 113 Å². The molecule has 1 aliphatic rings. The minimum atomic E-state index is -0.513. The van der Waals surface area contributed by atoms with E-state index in [1.165, 1.54) is 5.56 Å². The minimum absolute atomic E-state index is 0.00652. The number of pyridine rings is 1. The van der Waals surface area contributed by atoms with Gasteiger partial charge in [-0.25, -0.2) is 4.79 Å². The molecule has 6 rings (SSSR count). The number of hydrogen-bond acceptors (Lipinski definition) is 10. The molecule has 6 atom stereocenters. The molecule has 0 bridgehead atoms. The predicted molar refractivity (Wildman–Crippen MR) is 256 cm³/mol. The first-order valence-corrected chi connectivity index (χ1v) is 22.9. The molecule has 1 fully saturated rings. The van der Waals surface area contributed by atoms with Gasteiger partial charge in [0.15, 0.2) is 0 Å². The van der Waals surface area contributed by atoms with Crippen molar-refractivity contribution in [3.63, 3.8) is 0 Å². The predicted octanol–water partition coefficient (Wildman–Crippen LogP) is 9.08. The summed E-state index contributed by atoms with van der Waals surface area (Å²) in [7, 11) is 0. The van der Waals surface area contributed by atoms with E-state index in [-0.39, 0.29) is 48.9 Å². The number of rotatable bonds is 20. The normalized spacial score (nSPS) is 17.9. The van der Waals surface area contributed by atoms with Crippen LogP contribution in [-0.4, -0.2) is 69.1 Å². The highest BCUT2D eigenvalue weighted by Crippen LogP contribution is 2.38. The van der Waals surface area contributed by atoms with Crippen molar-refractivity contribution in [2.24, 2.45) is 17.6 Å². The molecule has 1 amide bonds. The zero-order chi connectivity index (χ0) is 46.7. The van der Waals surface area contributed by atoms with Crippen molar-refractivity contribution < 1.29 is 39.2 Å². The number of aromatic nitrogens is 1. The lowest BCUT2D eigenvalue weighted by Crippen LogP contribution is -2.27. The van der Waals surface area contributed by atoms with Gasteiger partial charge in [-0.15, -0.1) is 0 Å². The van der Waals surface area contributed by atoms with Crippen molar-refractivity contribution >= 4 is 34.3 Å². The number of amides is 1. The Kier molecular flexibility index (Phi) is 19.9. The summed E-state index contributed by atoms with van der Waals surface area (Å²) in [4.78, 5) is 41.0. The van der Waals surface area contributed by atoms with Crippen LogP contribution in [0.2, 0.25) is 0 Å². The minimum Gasteiger partial charge on any atom is -0.463 e. The van der Waals surface area contributed by atoms with Crippen molar-refractivity contribution in [1.29, 1.82) is 0 Å². The molecule has 0 unspecified atom stereocenters. The van der Waals surface area contributed by atoms with Gasteiger partial charge in [-0.05, 0) is 143 Å². The van der Waals surface area contributed by atoms with Crippen molar-refractivity contribution in [3.05, 3.63) is 155 Å². The van der Waals surface area contributed by atoms with Crippen LogP contribution in [0.15, 0.2) is 122 Å². The Labute approximate surface area is 384 Å². The average molecular weight is 886 g/mol. The average Bonchev–Trinajstić information content (AvgIpc) is 3.56. The SMILES string of the molecule is CC(C)OC(=O)CCC/C=C\C[C@@H]1[C@@H](CC[C@@H](O)CCc2ccccc2)[C@H](O)C[C@@H]1O.Cc1ccc(C(=O)OCc2ccc([C@@H](CN)C(=O)Nc3ccc4cnccc4c3)cc2)c(C)c1. The Balaban J connectivity index is 0.000000245. The zero-order valence-electron chi connectivity index (χ0n) is 38.3. The Morgan fingerprint density at radius 1 is 0.862 bits per heavy atom. The van der Waals surface area contributed by atoms with E-state index in [2.05, 4.69) is 28.5 Å². The van der Waals surface area contributed by atoms with E-state index in [1.54, 1.807) is 18.5 Å². The third-order valence-electron chi connectivity index (χ3n) is 12.0. The van der Waals surface area contributed by atoms with Gasteiger partial charge in [0.25, 0.3) is 0 Å². The number of carbonyl (C=O) groups excluding carboxylic acids is 3. The van der Waals surface area contributed by atoms with Crippen molar-refractivity contribution in [3.8, 4) is 0 Å². The molecule has 65 heavy (non-hydrogen) atoms.